The molecule has 20 heavy (non-hydrogen) atoms. The zero-order valence-corrected chi connectivity index (χ0v) is 13.2. The van der Waals surface area contributed by atoms with Crippen molar-refractivity contribution in [1.29, 1.82) is 0 Å². The number of hydrogen-bond acceptors (Lipinski definition) is 4. The van der Waals surface area contributed by atoms with E-state index in [2.05, 4.69) is 16.7 Å². The molecule has 1 N–H and O–H groups in total. The summed E-state index contributed by atoms with van der Waals surface area (Å²) in [7, 11) is 1.57. The van der Waals surface area contributed by atoms with E-state index in [-0.39, 0.29) is 5.41 Å². The maximum Gasteiger partial charge on any atom is 0.433 e. The summed E-state index contributed by atoms with van der Waals surface area (Å²) in [6.45, 7) is 0. The smallest absolute Gasteiger partial charge is 0.323 e. The molecule has 4 aliphatic carbocycles. The van der Waals surface area contributed by atoms with Crippen LogP contribution in [0.2, 0.25) is 0 Å². The molecule has 0 aromatic rings. The van der Waals surface area contributed by atoms with E-state index < -0.39 is 6.09 Å². The number of nitrogens with one attached hydrogen (secondary N) is 1. The lowest BCUT2D eigenvalue weighted by Gasteiger charge is -2.56. The number of carbonyl (C=O) groups excluding carboxylic acids is 1. The molecule has 0 heterocycles. The van der Waals surface area contributed by atoms with Crippen molar-refractivity contribution in [2.45, 2.75) is 38.5 Å². The van der Waals surface area contributed by atoms with Gasteiger partial charge in [0.25, 0.3) is 0 Å². The Hall–Kier alpha value is -0.710. The largest absolute Gasteiger partial charge is 0.433 e. The summed E-state index contributed by atoms with van der Waals surface area (Å²) in [6, 6.07) is 0. The van der Waals surface area contributed by atoms with Crippen molar-refractivity contribution in [2.24, 2.45) is 28.3 Å². The third-order valence-electron chi connectivity index (χ3n) is 5.37. The number of thioether (sulfide) groups is 1. The van der Waals surface area contributed by atoms with E-state index in [0.29, 0.717) is 0 Å². The van der Waals surface area contributed by atoms with Gasteiger partial charge in [0.2, 0.25) is 0 Å². The normalized spacial score (nSPS) is 38.9. The van der Waals surface area contributed by atoms with Gasteiger partial charge in [-0.05, 0) is 62.5 Å². The first-order valence-corrected chi connectivity index (χ1v) is 8.99. The monoisotopic (exact) mass is 296 g/mol. The summed E-state index contributed by atoms with van der Waals surface area (Å²) >= 11 is 1.78. The van der Waals surface area contributed by atoms with Crippen LogP contribution in [0.25, 0.3) is 0 Å². The molecule has 1 amide bonds. The molecular formula is C15H24N2O2S. The summed E-state index contributed by atoms with van der Waals surface area (Å²) in [5.41, 5.74) is 1.35. The van der Waals surface area contributed by atoms with Crippen LogP contribution in [0.4, 0.5) is 4.79 Å². The molecule has 0 radical (unpaired) electrons. The van der Waals surface area contributed by atoms with Crippen LogP contribution in [0, 0.1) is 23.2 Å². The first kappa shape index (κ1) is 14.2. The number of amides is 1. The number of rotatable bonds is 4. The molecule has 4 aliphatic rings. The van der Waals surface area contributed by atoms with Gasteiger partial charge in [-0.2, -0.15) is 11.8 Å². The van der Waals surface area contributed by atoms with Gasteiger partial charge < -0.3 is 5.32 Å². The zero-order valence-electron chi connectivity index (χ0n) is 12.4. The van der Waals surface area contributed by atoms with Crippen LogP contribution in [-0.4, -0.2) is 30.9 Å². The predicted molar refractivity (Wildman–Crippen MR) is 82.0 cm³/mol. The molecular weight excluding hydrogens is 272 g/mol. The van der Waals surface area contributed by atoms with Gasteiger partial charge in [-0.1, -0.05) is 5.16 Å². The summed E-state index contributed by atoms with van der Waals surface area (Å²) in [4.78, 5) is 16.3. The average Bonchev–Trinajstić information content (AvgIpc) is 2.41. The number of nitrogens with zero attached hydrogens (tertiary/aromatic N) is 1. The number of carbonyl (C=O) groups is 1. The fraction of sp³-hybridized carbons (Fsp3) is 0.867. The first-order valence-electron chi connectivity index (χ1n) is 7.60. The molecule has 0 spiro atoms. The van der Waals surface area contributed by atoms with Crippen LogP contribution >= 0.6 is 11.8 Å². The molecule has 0 aromatic heterocycles. The minimum atomic E-state index is -0.465. The first-order chi connectivity index (χ1) is 9.65. The number of oxime groups is 1. The Bertz CT molecular complexity index is 387. The molecule has 5 heteroatoms. The van der Waals surface area contributed by atoms with Gasteiger partial charge in [-0.25, -0.2) is 4.79 Å². The van der Waals surface area contributed by atoms with Gasteiger partial charge in [0.15, 0.2) is 0 Å². The van der Waals surface area contributed by atoms with E-state index in [0.717, 1.165) is 29.2 Å². The predicted octanol–water partition coefficient (Wildman–Crippen LogP) is 3.28. The number of hydrogen-bond donors (Lipinski definition) is 1. The van der Waals surface area contributed by atoms with Gasteiger partial charge in [-0.15, -0.1) is 0 Å². The summed E-state index contributed by atoms with van der Waals surface area (Å²) in [5.74, 6) is 3.53. The lowest BCUT2D eigenvalue weighted by Crippen LogP contribution is -2.50. The van der Waals surface area contributed by atoms with Gasteiger partial charge in [0.1, 0.15) is 0 Å². The van der Waals surface area contributed by atoms with Gasteiger partial charge in [-0.3, -0.25) is 4.84 Å². The Balaban J connectivity index is 1.81. The summed E-state index contributed by atoms with van der Waals surface area (Å²) < 4.78 is 0. The Labute approximate surface area is 125 Å². The topological polar surface area (TPSA) is 50.7 Å². The minimum Gasteiger partial charge on any atom is -0.323 e. The minimum absolute atomic E-state index is 0.228. The van der Waals surface area contributed by atoms with Crippen LogP contribution in [0.3, 0.4) is 0 Å². The van der Waals surface area contributed by atoms with E-state index in [1.54, 1.807) is 18.8 Å². The lowest BCUT2D eigenvalue weighted by molar-refractivity contribution is -0.0140. The standard InChI is InChI=1S/C15H24N2O2S/c1-16-14(18)19-17-13(9-20-2)15-6-10-3-11(7-15)5-12(4-10)8-15/h10-12H,3-9H2,1-2H3,(H,16,18). The van der Waals surface area contributed by atoms with E-state index in [1.807, 2.05) is 0 Å². The highest BCUT2D eigenvalue weighted by molar-refractivity contribution is 7.99. The van der Waals surface area contributed by atoms with Crippen LogP contribution in [-0.2, 0) is 4.84 Å². The van der Waals surface area contributed by atoms with E-state index in [1.165, 1.54) is 38.5 Å². The van der Waals surface area contributed by atoms with Crippen molar-refractivity contribution in [3.63, 3.8) is 0 Å². The molecule has 0 atom stereocenters. The maximum absolute atomic E-state index is 11.3. The third kappa shape index (κ3) is 2.57. The highest BCUT2D eigenvalue weighted by atomic mass is 32.2. The van der Waals surface area contributed by atoms with Crippen LogP contribution in [0.15, 0.2) is 5.16 Å². The van der Waals surface area contributed by atoms with Gasteiger partial charge >= 0.3 is 6.09 Å². The lowest BCUT2D eigenvalue weighted by atomic mass is 9.48. The van der Waals surface area contributed by atoms with Gasteiger partial charge in [0, 0.05) is 18.2 Å². The van der Waals surface area contributed by atoms with Crippen molar-refractivity contribution in [2.75, 3.05) is 19.1 Å². The van der Waals surface area contributed by atoms with E-state index in [4.69, 9.17) is 4.84 Å². The molecule has 4 rings (SSSR count). The van der Waals surface area contributed by atoms with Crippen molar-refractivity contribution < 1.29 is 9.63 Å². The molecule has 0 aliphatic heterocycles. The molecule has 112 valence electrons. The fourth-order valence-corrected chi connectivity index (χ4v) is 5.65. The van der Waals surface area contributed by atoms with Crippen molar-refractivity contribution in [1.82, 2.24) is 5.32 Å². The second-order valence-electron chi connectivity index (χ2n) is 6.80. The summed E-state index contributed by atoms with van der Waals surface area (Å²) in [6.07, 6.45) is 9.66. The molecule has 4 fully saturated rings. The Morgan fingerprint density at radius 3 is 2.25 bits per heavy atom. The molecule has 4 nitrogen and oxygen atoms in total. The van der Waals surface area contributed by atoms with Crippen molar-refractivity contribution in [3.8, 4) is 0 Å². The quantitative estimate of drug-likeness (QED) is 0.492. The fourth-order valence-electron chi connectivity index (χ4n) is 5.02. The van der Waals surface area contributed by atoms with Gasteiger partial charge in [0.05, 0.1) is 5.71 Å². The third-order valence-corrected chi connectivity index (χ3v) is 5.94. The highest BCUT2D eigenvalue weighted by Gasteiger charge is 2.53. The van der Waals surface area contributed by atoms with Crippen LogP contribution in [0.1, 0.15) is 38.5 Å². The highest BCUT2D eigenvalue weighted by Crippen LogP contribution is 2.60. The Morgan fingerprint density at radius 1 is 1.25 bits per heavy atom. The van der Waals surface area contributed by atoms with Crippen LogP contribution < -0.4 is 5.32 Å². The average molecular weight is 296 g/mol. The Kier molecular flexibility index (Phi) is 3.98. The second-order valence-corrected chi connectivity index (χ2v) is 7.66. The van der Waals surface area contributed by atoms with Crippen molar-refractivity contribution in [3.05, 3.63) is 0 Å². The molecule has 4 bridgehead atoms. The van der Waals surface area contributed by atoms with E-state index >= 15 is 0 Å². The van der Waals surface area contributed by atoms with E-state index in [9.17, 15) is 4.79 Å². The molecule has 0 saturated heterocycles. The van der Waals surface area contributed by atoms with Crippen molar-refractivity contribution >= 4 is 23.6 Å². The zero-order chi connectivity index (χ0) is 14.2. The van der Waals surface area contributed by atoms with Crippen LogP contribution in [0.5, 0.6) is 0 Å². The Morgan fingerprint density at radius 2 is 1.80 bits per heavy atom. The molecule has 4 saturated carbocycles. The summed E-state index contributed by atoms with van der Waals surface area (Å²) in [5, 5.41) is 6.72. The maximum atomic E-state index is 11.3. The second kappa shape index (κ2) is 5.58. The molecule has 0 unspecified atom stereocenters. The SMILES string of the molecule is CNC(=O)ON=C(CSC)C12CC3CC(CC(C3)C1)C2. The molecule has 0 aromatic carbocycles.